The Balaban J connectivity index is 2.59. The van der Waals surface area contributed by atoms with Gasteiger partial charge in [0, 0.05) is 6.54 Å². The molecule has 0 saturated carbocycles. The van der Waals surface area contributed by atoms with E-state index >= 15 is 0 Å². The predicted molar refractivity (Wildman–Crippen MR) is 75.9 cm³/mol. The van der Waals surface area contributed by atoms with Gasteiger partial charge >= 0.3 is 6.09 Å². The summed E-state index contributed by atoms with van der Waals surface area (Å²) >= 11 is 0. The molecule has 6 heteroatoms. The molecule has 0 radical (unpaired) electrons. The fourth-order valence-electron chi connectivity index (χ4n) is 1.89. The Morgan fingerprint density at radius 2 is 1.95 bits per heavy atom. The van der Waals surface area contributed by atoms with Crippen molar-refractivity contribution in [3.63, 3.8) is 0 Å². The van der Waals surface area contributed by atoms with Crippen LogP contribution in [0.15, 0.2) is 0 Å². The molecule has 5 nitrogen and oxygen atoms in total. The van der Waals surface area contributed by atoms with Gasteiger partial charge in [-0.2, -0.15) is 0 Å². The highest BCUT2D eigenvalue weighted by atomic mass is 28.4. The van der Waals surface area contributed by atoms with Crippen molar-refractivity contribution in [3.8, 4) is 0 Å². The number of hydrogen-bond donors (Lipinski definition) is 1. The molecule has 0 aromatic carbocycles. The van der Waals surface area contributed by atoms with Crippen LogP contribution in [0.2, 0.25) is 18.1 Å². The Morgan fingerprint density at radius 1 is 1.37 bits per heavy atom. The van der Waals surface area contributed by atoms with Crippen LogP contribution in [0.1, 0.15) is 33.6 Å². The lowest BCUT2D eigenvalue weighted by molar-refractivity contribution is -0.125. The lowest BCUT2D eigenvalue weighted by Gasteiger charge is -2.36. The van der Waals surface area contributed by atoms with Gasteiger partial charge in [0.15, 0.2) is 14.1 Å². The van der Waals surface area contributed by atoms with Crippen molar-refractivity contribution < 1.29 is 19.1 Å². The van der Waals surface area contributed by atoms with Gasteiger partial charge in [0.05, 0.1) is 12.6 Å². The molecular weight excluding hydrogens is 262 g/mol. The summed E-state index contributed by atoms with van der Waals surface area (Å²) in [5.74, 6) is -0.107. The third-order valence-corrected chi connectivity index (χ3v) is 8.73. The molecule has 19 heavy (non-hydrogen) atoms. The number of rotatable bonds is 4. The van der Waals surface area contributed by atoms with Crippen molar-refractivity contribution >= 4 is 20.2 Å². The fourth-order valence-corrected chi connectivity index (χ4v) is 2.83. The van der Waals surface area contributed by atoms with E-state index in [9.17, 15) is 9.59 Å². The zero-order valence-electron chi connectivity index (χ0n) is 12.5. The maximum absolute atomic E-state index is 12.1. The zero-order valence-corrected chi connectivity index (χ0v) is 13.5. The fraction of sp³-hybridized carbons (Fsp3) is 0.846. The normalized spacial score (nSPS) is 20.7. The van der Waals surface area contributed by atoms with Gasteiger partial charge in [-0.1, -0.05) is 20.8 Å². The smallest absolute Gasteiger partial charge is 0.407 e. The van der Waals surface area contributed by atoms with Crippen molar-refractivity contribution in [2.75, 3.05) is 13.2 Å². The molecule has 1 saturated heterocycles. The van der Waals surface area contributed by atoms with Gasteiger partial charge in [-0.3, -0.25) is 9.69 Å². The molecule has 1 unspecified atom stereocenters. The molecule has 1 rings (SSSR count). The monoisotopic (exact) mass is 287 g/mol. The Labute approximate surface area is 116 Å². The van der Waals surface area contributed by atoms with Crippen LogP contribution in [0.4, 0.5) is 4.79 Å². The Hall–Kier alpha value is -0.883. The van der Waals surface area contributed by atoms with Gasteiger partial charge in [0.1, 0.15) is 0 Å². The van der Waals surface area contributed by atoms with Crippen molar-refractivity contribution in [1.29, 1.82) is 0 Å². The number of likely N-dealkylation sites (tertiary alicyclic amines) is 1. The van der Waals surface area contributed by atoms with E-state index in [1.54, 1.807) is 0 Å². The summed E-state index contributed by atoms with van der Waals surface area (Å²) < 4.78 is 5.87. The quantitative estimate of drug-likeness (QED) is 0.807. The molecule has 1 aliphatic rings. The highest BCUT2D eigenvalue weighted by molar-refractivity contribution is 6.74. The summed E-state index contributed by atoms with van der Waals surface area (Å²) in [6.07, 6.45) is 0.359. The van der Waals surface area contributed by atoms with Gasteiger partial charge in [0.2, 0.25) is 0 Å². The maximum Gasteiger partial charge on any atom is 0.407 e. The first-order valence-electron chi connectivity index (χ1n) is 6.72. The second-order valence-electron chi connectivity index (χ2n) is 6.65. The maximum atomic E-state index is 12.1. The Morgan fingerprint density at radius 3 is 2.42 bits per heavy atom. The van der Waals surface area contributed by atoms with E-state index in [2.05, 4.69) is 33.9 Å². The number of ketones is 1. The van der Waals surface area contributed by atoms with E-state index in [1.807, 2.05) is 0 Å². The van der Waals surface area contributed by atoms with E-state index < -0.39 is 20.5 Å². The molecule has 1 heterocycles. The molecule has 1 N–H and O–H groups in total. The van der Waals surface area contributed by atoms with Gasteiger partial charge in [-0.05, 0) is 31.0 Å². The molecule has 0 aliphatic carbocycles. The molecule has 110 valence electrons. The standard InChI is InChI=1S/C13H25NO4Si/c1-13(2,3)19(4,5)18-9-11(15)10-7-6-8-14(10)12(16)17/h10H,6-9H2,1-5H3,(H,16,17). The van der Waals surface area contributed by atoms with Crippen LogP contribution in [-0.2, 0) is 9.22 Å². The average molecular weight is 287 g/mol. The van der Waals surface area contributed by atoms with Crippen molar-refractivity contribution in [1.82, 2.24) is 4.90 Å². The van der Waals surface area contributed by atoms with Crippen molar-refractivity contribution in [3.05, 3.63) is 0 Å². The van der Waals surface area contributed by atoms with Gasteiger partial charge in [-0.15, -0.1) is 0 Å². The minimum Gasteiger partial charge on any atom is -0.465 e. The zero-order chi connectivity index (χ0) is 14.8. The van der Waals surface area contributed by atoms with Crippen LogP contribution in [0, 0.1) is 0 Å². The second-order valence-corrected chi connectivity index (χ2v) is 11.5. The van der Waals surface area contributed by atoms with Crippen molar-refractivity contribution in [2.45, 2.75) is 57.8 Å². The Bertz CT molecular complexity index is 362. The van der Waals surface area contributed by atoms with E-state index in [1.165, 1.54) is 4.90 Å². The first-order valence-corrected chi connectivity index (χ1v) is 9.63. The van der Waals surface area contributed by atoms with Crippen LogP contribution in [-0.4, -0.2) is 49.4 Å². The number of nitrogens with zero attached hydrogens (tertiary/aromatic N) is 1. The van der Waals surface area contributed by atoms with Crippen LogP contribution in [0.5, 0.6) is 0 Å². The van der Waals surface area contributed by atoms with E-state index in [4.69, 9.17) is 9.53 Å². The topological polar surface area (TPSA) is 66.8 Å². The van der Waals surface area contributed by atoms with E-state index in [0.29, 0.717) is 13.0 Å². The molecule has 0 aromatic heterocycles. The number of amides is 1. The van der Waals surface area contributed by atoms with Gasteiger partial charge in [-0.25, -0.2) is 4.79 Å². The molecule has 0 aromatic rings. The summed E-state index contributed by atoms with van der Waals surface area (Å²) in [4.78, 5) is 24.4. The van der Waals surface area contributed by atoms with Gasteiger partial charge in [0.25, 0.3) is 0 Å². The summed E-state index contributed by atoms with van der Waals surface area (Å²) in [5, 5.41) is 9.08. The van der Waals surface area contributed by atoms with Crippen LogP contribution >= 0.6 is 0 Å². The minimum atomic E-state index is -1.95. The summed E-state index contributed by atoms with van der Waals surface area (Å²) in [5.41, 5.74) is 0. The van der Waals surface area contributed by atoms with Crippen molar-refractivity contribution in [2.24, 2.45) is 0 Å². The first kappa shape index (κ1) is 16.2. The number of Topliss-reactive ketones (excluding diaryl/α,β-unsaturated/α-hetero) is 1. The molecular formula is C13H25NO4Si. The third-order valence-electron chi connectivity index (χ3n) is 4.25. The molecule has 1 aliphatic heterocycles. The molecule has 1 fully saturated rings. The highest BCUT2D eigenvalue weighted by Gasteiger charge is 2.39. The highest BCUT2D eigenvalue weighted by Crippen LogP contribution is 2.36. The number of hydrogen-bond acceptors (Lipinski definition) is 3. The first-order chi connectivity index (χ1) is 8.56. The van der Waals surface area contributed by atoms with Crippen LogP contribution < -0.4 is 0 Å². The SMILES string of the molecule is CC(C)(C)[Si](C)(C)OCC(=O)C1CCCN1C(=O)O. The van der Waals surface area contributed by atoms with Gasteiger partial charge < -0.3 is 9.53 Å². The van der Waals surface area contributed by atoms with Crippen LogP contribution in [0.3, 0.4) is 0 Å². The summed E-state index contributed by atoms with van der Waals surface area (Å²) in [6, 6.07) is -0.512. The molecule has 0 bridgehead atoms. The minimum absolute atomic E-state index is 0.0327. The van der Waals surface area contributed by atoms with E-state index in [-0.39, 0.29) is 17.4 Å². The predicted octanol–water partition coefficient (Wildman–Crippen LogP) is 2.72. The molecule has 0 spiro atoms. The average Bonchev–Trinajstić information content (AvgIpc) is 2.73. The second kappa shape index (κ2) is 5.62. The Kier molecular flexibility index (Phi) is 4.79. The van der Waals surface area contributed by atoms with Crippen LogP contribution in [0.25, 0.3) is 0 Å². The number of carboxylic acid groups (broad SMARTS) is 1. The molecule has 1 atom stereocenters. The summed E-state index contributed by atoms with van der Waals surface area (Å²) in [6.45, 7) is 11.0. The summed E-state index contributed by atoms with van der Waals surface area (Å²) in [7, 11) is -1.95. The largest absolute Gasteiger partial charge is 0.465 e. The molecule has 1 amide bonds. The lowest BCUT2D eigenvalue weighted by Crippen LogP contribution is -2.46. The third kappa shape index (κ3) is 3.79. The lowest BCUT2D eigenvalue weighted by atomic mass is 10.1. The van der Waals surface area contributed by atoms with E-state index in [0.717, 1.165) is 6.42 Å². The number of carbonyl (C=O) groups excluding carboxylic acids is 1. The number of carbonyl (C=O) groups is 2.